The number of nitrogens with zero attached hydrogens (tertiary/aromatic N) is 5. The molecule has 2 aliphatic rings. The van der Waals surface area contributed by atoms with Gasteiger partial charge in [-0.1, -0.05) is 18.2 Å². The predicted octanol–water partition coefficient (Wildman–Crippen LogP) is 4.60. The Bertz CT molecular complexity index is 1400. The third-order valence-corrected chi connectivity index (χ3v) is 7.20. The van der Waals surface area contributed by atoms with Crippen LogP contribution in [-0.4, -0.2) is 49.3 Å². The highest BCUT2D eigenvalue weighted by Crippen LogP contribution is 2.40. The summed E-state index contributed by atoms with van der Waals surface area (Å²) in [6.45, 7) is 1.04. The van der Waals surface area contributed by atoms with Gasteiger partial charge < -0.3 is 14.0 Å². The quantitative estimate of drug-likeness (QED) is 0.418. The fraction of sp³-hybridized carbons (Fsp3) is 0.440. The molecule has 36 heavy (non-hydrogen) atoms. The number of H-pyrrole nitrogens is 1. The SMILES string of the molecule is Cn1cnnc1CC1(c2cccc(-c3n[nH]c4c(OC5CCCC5)nc(C(F)(F)F)cc34)c2)COC1. The number of hydrogen-bond acceptors (Lipinski definition) is 6. The molecule has 0 bridgehead atoms. The van der Waals surface area contributed by atoms with E-state index < -0.39 is 11.9 Å². The minimum Gasteiger partial charge on any atom is -0.473 e. The second kappa shape index (κ2) is 8.58. The average Bonchev–Trinajstić information content (AvgIpc) is 3.57. The van der Waals surface area contributed by atoms with Crippen LogP contribution >= 0.6 is 0 Å². The van der Waals surface area contributed by atoms with Gasteiger partial charge in [0.05, 0.1) is 13.2 Å². The monoisotopic (exact) mass is 498 g/mol. The van der Waals surface area contributed by atoms with Crippen LogP contribution in [0.4, 0.5) is 13.2 Å². The average molecular weight is 499 g/mol. The normalized spacial score (nSPS) is 18.0. The van der Waals surface area contributed by atoms with Gasteiger partial charge in [0.25, 0.3) is 0 Å². The van der Waals surface area contributed by atoms with E-state index in [1.807, 2.05) is 35.9 Å². The number of nitrogens with one attached hydrogen (secondary N) is 1. The molecule has 188 valence electrons. The van der Waals surface area contributed by atoms with E-state index in [4.69, 9.17) is 9.47 Å². The van der Waals surface area contributed by atoms with E-state index >= 15 is 0 Å². The number of aromatic amines is 1. The molecule has 2 fully saturated rings. The maximum absolute atomic E-state index is 13.8. The van der Waals surface area contributed by atoms with Crippen LogP contribution in [0.15, 0.2) is 36.7 Å². The minimum atomic E-state index is -4.61. The molecular formula is C25H25F3N6O2. The number of aryl methyl sites for hydroxylation is 1. The van der Waals surface area contributed by atoms with Crippen molar-refractivity contribution in [3.05, 3.63) is 53.7 Å². The molecule has 3 aromatic heterocycles. The summed E-state index contributed by atoms with van der Waals surface area (Å²) in [5.74, 6) is 0.788. The van der Waals surface area contributed by atoms with Gasteiger partial charge in [-0.15, -0.1) is 10.2 Å². The van der Waals surface area contributed by atoms with Crippen LogP contribution in [0.5, 0.6) is 5.88 Å². The van der Waals surface area contributed by atoms with Crippen molar-refractivity contribution in [3.8, 4) is 17.1 Å². The number of halogens is 3. The van der Waals surface area contributed by atoms with Gasteiger partial charge in [-0.05, 0) is 43.4 Å². The molecule has 0 amide bonds. The van der Waals surface area contributed by atoms with Crippen molar-refractivity contribution in [1.82, 2.24) is 29.9 Å². The summed E-state index contributed by atoms with van der Waals surface area (Å²) in [7, 11) is 1.90. The van der Waals surface area contributed by atoms with E-state index in [9.17, 15) is 13.2 Å². The summed E-state index contributed by atoms with van der Waals surface area (Å²) in [6, 6.07) is 8.77. The van der Waals surface area contributed by atoms with Gasteiger partial charge in [-0.2, -0.15) is 18.3 Å². The zero-order chi connectivity index (χ0) is 24.9. The van der Waals surface area contributed by atoms with Gasteiger partial charge in [0.15, 0.2) is 0 Å². The van der Waals surface area contributed by atoms with Crippen molar-refractivity contribution < 1.29 is 22.6 Å². The van der Waals surface area contributed by atoms with Crippen molar-refractivity contribution in [2.75, 3.05) is 13.2 Å². The summed E-state index contributed by atoms with van der Waals surface area (Å²) < 4.78 is 54.7. The molecule has 1 saturated heterocycles. The molecule has 1 N–H and O–H groups in total. The van der Waals surface area contributed by atoms with Gasteiger partial charge in [0, 0.05) is 29.8 Å². The summed E-state index contributed by atoms with van der Waals surface area (Å²) in [5.41, 5.74) is 1.22. The lowest BCUT2D eigenvalue weighted by molar-refractivity contribution is -0.141. The number of benzene rings is 1. The van der Waals surface area contributed by atoms with Crippen LogP contribution in [-0.2, 0) is 29.8 Å². The third-order valence-electron chi connectivity index (χ3n) is 7.20. The van der Waals surface area contributed by atoms with Crippen LogP contribution in [0.3, 0.4) is 0 Å². The first-order valence-electron chi connectivity index (χ1n) is 12.0. The summed E-state index contributed by atoms with van der Waals surface area (Å²) >= 11 is 0. The van der Waals surface area contributed by atoms with Crippen molar-refractivity contribution in [3.63, 3.8) is 0 Å². The second-order valence-corrected chi connectivity index (χ2v) is 9.72. The fourth-order valence-corrected chi connectivity index (χ4v) is 5.09. The first-order chi connectivity index (χ1) is 17.3. The molecule has 1 aromatic carbocycles. The Morgan fingerprint density at radius 1 is 1.19 bits per heavy atom. The van der Waals surface area contributed by atoms with E-state index in [2.05, 4.69) is 25.4 Å². The Labute approximate surface area is 204 Å². The molecule has 1 aliphatic carbocycles. The van der Waals surface area contributed by atoms with Gasteiger partial charge in [0.1, 0.15) is 35.2 Å². The molecule has 6 rings (SSSR count). The Morgan fingerprint density at radius 2 is 2.00 bits per heavy atom. The van der Waals surface area contributed by atoms with Crippen molar-refractivity contribution in [2.24, 2.45) is 7.05 Å². The number of ether oxygens (including phenoxy) is 2. The highest BCUT2D eigenvalue weighted by Gasteiger charge is 2.42. The molecule has 4 aromatic rings. The zero-order valence-electron chi connectivity index (χ0n) is 19.7. The van der Waals surface area contributed by atoms with Gasteiger partial charge >= 0.3 is 6.18 Å². The van der Waals surface area contributed by atoms with E-state index in [1.165, 1.54) is 0 Å². The predicted molar refractivity (Wildman–Crippen MR) is 124 cm³/mol. The van der Waals surface area contributed by atoms with Gasteiger partial charge in [-0.25, -0.2) is 4.98 Å². The molecule has 8 nitrogen and oxygen atoms in total. The van der Waals surface area contributed by atoms with Crippen molar-refractivity contribution in [1.29, 1.82) is 0 Å². The standard InChI is InChI=1S/C25H25F3N6O2/c1-34-14-29-31-20(34)11-24(12-35-13-24)16-6-4-5-15(9-16)21-18-10-19(25(26,27)28)30-23(22(18)33-32-21)36-17-7-2-3-8-17/h4-6,9-10,14,17H,2-3,7-8,11-13H2,1H3,(H,32,33). The lowest BCUT2D eigenvalue weighted by Gasteiger charge is -2.41. The first-order valence-corrected chi connectivity index (χ1v) is 12.0. The maximum atomic E-state index is 13.8. The number of fused-ring (bicyclic) bond motifs is 1. The zero-order valence-corrected chi connectivity index (χ0v) is 19.7. The smallest absolute Gasteiger partial charge is 0.433 e. The molecule has 0 spiro atoms. The molecule has 0 atom stereocenters. The number of hydrogen-bond donors (Lipinski definition) is 1. The summed E-state index contributed by atoms with van der Waals surface area (Å²) in [6.07, 6.45) is 1.14. The van der Waals surface area contributed by atoms with Crippen LogP contribution in [0.2, 0.25) is 0 Å². The fourth-order valence-electron chi connectivity index (χ4n) is 5.09. The second-order valence-electron chi connectivity index (χ2n) is 9.72. The number of pyridine rings is 1. The largest absolute Gasteiger partial charge is 0.473 e. The molecule has 0 radical (unpaired) electrons. The highest BCUT2D eigenvalue weighted by molar-refractivity contribution is 5.95. The minimum absolute atomic E-state index is 0.0484. The van der Waals surface area contributed by atoms with Crippen molar-refractivity contribution in [2.45, 2.75) is 49.8 Å². The summed E-state index contributed by atoms with van der Waals surface area (Å²) in [5, 5.41) is 15.8. The number of aromatic nitrogens is 6. The Kier molecular flexibility index (Phi) is 5.47. The Balaban J connectivity index is 1.41. The van der Waals surface area contributed by atoms with Gasteiger partial charge in [0.2, 0.25) is 5.88 Å². The number of alkyl halides is 3. The molecule has 0 unspecified atom stereocenters. The van der Waals surface area contributed by atoms with Crippen LogP contribution in [0, 0.1) is 0 Å². The maximum Gasteiger partial charge on any atom is 0.433 e. The highest BCUT2D eigenvalue weighted by atomic mass is 19.4. The van der Waals surface area contributed by atoms with Crippen LogP contribution in [0.1, 0.15) is 42.8 Å². The van der Waals surface area contributed by atoms with E-state index in [-0.39, 0.29) is 17.4 Å². The van der Waals surface area contributed by atoms with Crippen LogP contribution < -0.4 is 4.74 Å². The lowest BCUT2D eigenvalue weighted by Crippen LogP contribution is -2.49. The molecule has 11 heteroatoms. The Hall–Kier alpha value is -3.47. The van der Waals surface area contributed by atoms with E-state index in [1.54, 1.807) is 6.33 Å². The lowest BCUT2D eigenvalue weighted by atomic mass is 9.75. The van der Waals surface area contributed by atoms with E-state index in [0.717, 1.165) is 43.1 Å². The number of rotatable bonds is 6. The summed E-state index contributed by atoms with van der Waals surface area (Å²) in [4.78, 5) is 3.82. The molecular weight excluding hydrogens is 473 g/mol. The topological polar surface area (TPSA) is 90.7 Å². The molecule has 1 saturated carbocycles. The molecule has 1 aliphatic heterocycles. The Morgan fingerprint density at radius 3 is 2.67 bits per heavy atom. The molecule has 4 heterocycles. The van der Waals surface area contributed by atoms with Crippen LogP contribution in [0.25, 0.3) is 22.2 Å². The van der Waals surface area contributed by atoms with Crippen molar-refractivity contribution >= 4 is 10.9 Å². The third kappa shape index (κ3) is 4.01. The first kappa shape index (κ1) is 23.0. The van der Waals surface area contributed by atoms with E-state index in [0.29, 0.717) is 41.8 Å². The van der Waals surface area contributed by atoms with Gasteiger partial charge in [-0.3, -0.25) is 5.10 Å².